The zero-order valence-electron chi connectivity index (χ0n) is 13.8. The lowest BCUT2D eigenvalue weighted by atomic mass is 9.48. The molecule has 1 amide bonds. The zero-order chi connectivity index (χ0) is 16.8. The molecule has 0 aliphatic heterocycles. The van der Waals surface area contributed by atoms with Gasteiger partial charge in [-0.15, -0.1) is 0 Å². The summed E-state index contributed by atoms with van der Waals surface area (Å²) in [6.07, 6.45) is 5.10. The summed E-state index contributed by atoms with van der Waals surface area (Å²) in [4.78, 5) is 16.5. The minimum Gasteiger partial charge on any atom is -0.390 e. The molecular formula is C17H24ClN3O2. The summed E-state index contributed by atoms with van der Waals surface area (Å²) in [5.74, 6) is -0.122. The molecule has 0 atom stereocenters. The number of nitrogens with one attached hydrogen (secondary N) is 2. The SMILES string of the molecule is CC(C)Nc1cc(Cl)ncc1C(=O)NC1CC2(C1)CC(C)(O)C2. The third kappa shape index (κ3) is 3.45. The Morgan fingerprint density at radius 1 is 1.43 bits per heavy atom. The number of aliphatic hydroxyl groups is 1. The van der Waals surface area contributed by atoms with Gasteiger partial charge in [-0.25, -0.2) is 4.98 Å². The first kappa shape index (κ1) is 16.5. The summed E-state index contributed by atoms with van der Waals surface area (Å²) in [5, 5.41) is 16.6. The molecule has 3 rings (SSSR count). The van der Waals surface area contributed by atoms with Gasteiger partial charge in [-0.2, -0.15) is 0 Å². The van der Waals surface area contributed by atoms with Gasteiger partial charge in [0.2, 0.25) is 0 Å². The van der Waals surface area contributed by atoms with Gasteiger partial charge < -0.3 is 15.7 Å². The van der Waals surface area contributed by atoms with Crippen molar-refractivity contribution in [2.24, 2.45) is 5.41 Å². The number of amides is 1. The molecule has 0 unspecified atom stereocenters. The Labute approximate surface area is 141 Å². The van der Waals surface area contributed by atoms with Crippen LogP contribution < -0.4 is 10.6 Å². The second-order valence-electron chi connectivity index (χ2n) is 7.78. The Bertz CT molecular complexity index is 614. The molecule has 23 heavy (non-hydrogen) atoms. The number of aromatic nitrogens is 1. The van der Waals surface area contributed by atoms with Gasteiger partial charge >= 0.3 is 0 Å². The molecule has 3 N–H and O–H groups in total. The maximum Gasteiger partial charge on any atom is 0.255 e. The third-order valence-corrected chi connectivity index (χ3v) is 4.97. The molecule has 0 saturated heterocycles. The van der Waals surface area contributed by atoms with Gasteiger partial charge in [0.05, 0.1) is 16.9 Å². The van der Waals surface area contributed by atoms with Crippen molar-refractivity contribution in [3.63, 3.8) is 0 Å². The van der Waals surface area contributed by atoms with Crippen molar-refractivity contribution in [3.8, 4) is 0 Å². The molecule has 1 spiro atoms. The molecule has 2 aliphatic carbocycles. The Balaban J connectivity index is 1.61. The number of rotatable bonds is 4. The van der Waals surface area contributed by atoms with Crippen LogP contribution in [0.15, 0.2) is 12.3 Å². The lowest BCUT2D eigenvalue weighted by molar-refractivity contribution is -0.159. The van der Waals surface area contributed by atoms with Gasteiger partial charge in [-0.1, -0.05) is 11.6 Å². The number of hydrogen-bond acceptors (Lipinski definition) is 4. The number of halogens is 1. The highest BCUT2D eigenvalue weighted by Gasteiger charge is 2.57. The molecule has 0 bridgehead atoms. The first-order valence-electron chi connectivity index (χ1n) is 8.13. The number of pyridine rings is 1. The fraction of sp³-hybridized carbons (Fsp3) is 0.647. The molecule has 1 aromatic heterocycles. The summed E-state index contributed by atoms with van der Waals surface area (Å²) in [5.41, 5.74) is 0.963. The molecule has 2 fully saturated rings. The van der Waals surface area contributed by atoms with Crippen LogP contribution in [0, 0.1) is 5.41 Å². The summed E-state index contributed by atoms with van der Waals surface area (Å²) >= 11 is 5.93. The lowest BCUT2D eigenvalue weighted by Gasteiger charge is -2.60. The molecule has 126 valence electrons. The number of nitrogens with zero attached hydrogens (tertiary/aromatic N) is 1. The molecule has 2 saturated carbocycles. The normalized spacial score (nSPS) is 32.3. The standard InChI is InChI=1S/C17H24ClN3O2/c1-10(2)20-13-4-14(18)19-7-12(13)15(22)21-11-5-17(6-11)8-16(3,23)9-17/h4,7,10-11,23H,5-6,8-9H2,1-3H3,(H,19,20)(H,21,22). The van der Waals surface area contributed by atoms with Gasteiger partial charge in [0.15, 0.2) is 0 Å². The van der Waals surface area contributed by atoms with Crippen molar-refractivity contribution in [1.82, 2.24) is 10.3 Å². The molecule has 5 nitrogen and oxygen atoms in total. The zero-order valence-corrected chi connectivity index (χ0v) is 14.6. The average Bonchev–Trinajstić information content (AvgIpc) is 2.33. The third-order valence-electron chi connectivity index (χ3n) is 4.77. The summed E-state index contributed by atoms with van der Waals surface area (Å²) in [6.45, 7) is 5.90. The number of anilines is 1. The topological polar surface area (TPSA) is 74.2 Å². The van der Waals surface area contributed by atoms with Crippen molar-refractivity contribution in [2.75, 3.05) is 5.32 Å². The Hall–Kier alpha value is -1.33. The van der Waals surface area contributed by atoms with Crippen molar-refractivity contribution in [2.45, 2.75) is 64.1 Å². The number of carbonyl (C=O) groups is 1. The molecule has 1 aromatic rings. The molecule has 1 heterocycles. The summed E-state index contributed by atoms with van der Waals surface area (Å²) in [6, 6.07) is 2.06. The Kier molecular flexibility index (Phi) is 4.05. The second kappa shape index (κ2) is 5.64. The van der Waals surface area contributed by atoms with Crippen molar-refractivity contribution in [1.29, 1.82) is 0 Å². The minimum atomic E-state index is -0.510. The van der Waals surface area contributed by atoms with Crippen LogP contribution >= 0.6 is 11.6 Å². The maximum absolute atomic E-state index is 12.5. The van der Waals surface area contributed by atoms with Gasteiger partial charge in [-0.3, -0.25) is 4.79 Å². The molecule has 0 radical (unpaired) electrons. The van der Waals surface area contributed by atoms with Gasteiger partial charge in [0, 0.05) is 18.3 Å². The molecule has 6 heteroatoms. The fourth-order valence-electron chi connectivity index (χ4n) is 4.24. The first-order valence-corrected chi connectivity index (χ1v) is 8.51. The Morgan fingerprint density at radius 3 is 2.65 bits per heavy atom. The lowest BCUT2D eigenvalue weighted by Crippen LogP contribution is -2.61. The van der Waals surface area contributed by atoms with E-state index in [9.17, 15) is 9.90 Å². The van der Waals surface area contributed by atoms with Crippen LogP contribution in [0.25, 0.3) is 0 Å². The van der Waals surface area contributed by atoms with Gasteiger partial charge in [0.25, 0.3) is 5.91 Å². The van der Waals surface area contributed by atoms with E-state index in [4.69, 9.17) is 11.6 Å². The van der Waals surface area contributed by atoms with Crippen LogP contribution in [0.4, 0.5) is 5.69 Å². The number of carbonyl (C=O) groups excluding carboxylic acids is 1. The predicted octanol–water partition coefficient (Wildman–Crippen LogP) is 2.98. The number of hydrogen-bond donors (Lipinski definition) is 3. The minimum absolute atomic E-state index is 0.122. The van der Waals surface area contributed by atoms with Crippen LogP contribution in [0.5, 0.6) is 0 Å². The van der Waals surface area contributed by atoms with Crippen LogP contribution in [0.2, 0.25) is 5.15 Å². The van der Waals surface area contributed by atoms with E-state index in [-0.39, 0.29) is 23.4 Å². The Morgan fingerprint density at radius 2 is 2.09 bits per heavy atom. The van der Waals surface area contributed by atoms with E-state index in [1.165, 1.54) is 6.20 Å². The maximum atomic E-state index is 12.5. The summed E-state index contributed by atoms with van der Waals surface area (Å²) < 4.78 is 0. The van der Waals surface area contributed by atoms with E-state index >= 15 is 0 Å². The summed E-state index contributed by atoms with van der Waals surface area (Å²) in [7, 11) is 0. The van der Waals surface area contributed by atoms with Crippen molar-refractivity contribution < 1.29 is 9.90 Å². The largest absolute Gasteiger partial charge is 0.390 e. The average molecular weight is 338 g/mol. The fourth-order valence-corrected chi connectivity index (χ4v) is 4.40. The van der Waals surface area contributed by atoms with E-state index in [1.807, 2.05) is 20.8 Å². The van der Waals surface area contributed by atoms with Crippen LogP contribution in [0.3, 0.4) is 0 Å². The van der Waals surface area contributed by atoms with E-state index in [1.54, 1.807) is 6.07 Å². The second-order valence-corrected chi connectivity index (χ2v) is 8.17. The first-order chi connectivity index (χ1) is 10.7. The highest BCUT2D eigenvalue weighted by atomic mass is 35.5. The van der Waals surface area contributed by atoms with Gasteiger partial charge in [-0.05, 0) is 57.9 Å². The molecule has 2 aliphatic rings. The van der Waals surface area contributed by atoms with E-state index in [0.717, 1.165) is 25.7 Å². The highest BCUT2D eigenvalue weighted by Crippen LogP contribution is 2.60. The van der Waals surface area contributed by atoms with E-state index in [2.05, 4.69) is 15.6 Å². The highest BCUT2D eigenvalue weighted by molar-refractivity contribution is 6.29. The molecular weight excluding hydrogens is 314 g/mol. The van der Waals surface area contributed by atoms with E-state index in [0.29, 0.717) is 16.4 Å². The monoisotopic (exact) mass is 337 g/mol. The van der Waals surface area contributed by atoms with Crippen molar-refractivity contribution in [3.05, 3.63) is 23.0 Å². The quantitative estimate of drug-likeness (QED) is 0.738. The van der Waals surface area contributed by atoms with Gasteiger partial charge in [0.1, 0.15) is 5.15 Å². The molecule has 0 aromatic carbocycles. The van der Waals surface area contributed by atoms with Crippen LogP contribution in [-0.2, 0) is 0 Å². The van der Waals surface area contributed by atoms with Crippen LogP contribution in [-0.4, -0.2) is 33.7 Å². The van der Waals surface area contributed by atoms with Crippen LogP contribution in [0.1, 0.15) is 56.8 Å². The predicted molar refractivity (Wildman–Crippen MR) is 90.8 cm³/mol. The van der Waals surface area contributed by atoms with Crippen molar-refractivity contribution >= 4 is 23.2 Å². The van der Waals surface area contributed by atoms with E-state index < -0.39 is 5.60 Å². The smallest absolute Gasteiger partial charge is 0.255 e.